The predicted molar refractivity (Wildman–Crippen MR) is 68.2 cm³/mol. The number of hydrogen-bond donors (Lipinski definition) is 1. The monoisotopic (exact) mass is 244 g/mol. The lowest BCUT2D eigenvalue weighted by atomic mass is 10.1. The molecule has 2 aromatic rings. The Morgan fingerprint density at radius 1 is 1.28 bits per heavy atom. The van der Waals surface area contributed by atoms with E-state index < -0.39 is 6.10 Å². The maximum atomic E-state index is 9.71. The molecule has 0 saturated heterocycles. The molecule has 0 fully saturated rings. The van der Waals surface area contributed by atoms with E-state index >= 15 is 0 Å². The van der Waals surface area contributed by atoms with E-state index in [9.17, 15) is 5.11 Å². The quantitative estimate of drug-likeness (QED) is 0.897. The van der Waals surface area contributed by atoms with Gasteiger partial charge in [0.2, 0.25) is 0 Å². The summed E-state index contributed by atoms with van der Waals surface area (Å²) in [5.74, 6) is 1.29. The lowest BCUT2D eigenvalue weighted by molar-refractivity contribution is 0.189. The van der Waals surface area contributed by atoms with Crippen LogP contribution >= 0.6 is 0 Å². The number of aryl methyl sites for hydroxylation is 1. The van der Waals surface area contributed by atoms with E-state index in [1.807, 2.05) is 25.1 Å². The molecule has 94 valence electrons. The standard InChI is InChI=1S/C14H16N2O2/c1-10-4-5-13(12(8-10)11(2)17)18-9-14-15-6-3-7-16-14/h3-8,11,17H,9H2,1-2H3. The lowest BCUT2D eigenvalue weighted by Crippen LogP contribution is -2.04. The average Bonchev–Trinajstić information content (AvgIpc) is 2.38. The number of benzene rings is 1. The molecule has 0 saturated carbocycles. The largest absolute Gasteiger partial charge is 0.485 e. The van der Waals surface area contributed by atoms with Crippen molar-refractivity contribution >= 4 is 0 Å². The third-order valence-corrected chi connectivity index (χ3v) is 2.59. The second-order valence-electron chi connectivity index (χ2n) is 4.17. The van der Waals surface area contributed by atoms with Gasteiger partial charge in [0.25, 0.3) is 0 Å². The highest BCUT2D eigenvalue weighted by atomic mass is 16.5. The molecular formula is C14H16N2O2. The number of aromatic nitrogens is 2. The minimum atomic E-state index is -0.559. The number of nitrogens with zero attached hydrogens (tertiary/aromatic N) is 2. The highest BCUT2D eigenvalue weighted by molar-refractivity contribution is 5.38. The van der Waals surface area contributed by atoms with Crippen molar-refractivity contribution in [2.45, 2.75) is 26.6 Å². The van der Waals surface area contributed by atoms with E-state index in [1.54, 1.807) is 25.4 Å². The van der Waals surface area contributed by atoms with Crippen molar-refractivity contribution in [3.8, 4) is 5.75 Å². The Morgan fingerprint density at radius 2 is 2.00 bits per heavy atom. The first kappa shape index (κ1) is 12.5. The topological polar surface area (TPSA) is 55.2 Å². The van der Waals surface area contributed by atoms with Crippen molar-refractivity contribution in [2.75, 3.05) is 0 Å². The van der Waals surface area contributed by atoms with Crippen LogP contribution in [-0.2, 0) is 6.61 Å². The van der Waals surface area contributed by atoms with Gasteiger partial charge in [-0.05, 0) is 32.0 Å². The van der Waals surface area contributed by atoms with Crippen molar-refractivity contribution in [1.82, 2.24) is 9.97 Å². The Balaban J connectivity index is 2.14. The summed E-state index contributed by atoms with van der Waals surface area (Å²) in [4.78, 5) is 8.17. The minimum Gasteiger partial charge on any atom is -0.485 e. The first-order chi connectivity index (χ1) is 8.66. The molecule has 18 heavy (non-hydrogen) atoms. The molecule has 4 heteroatoms. The molecular weight excluding hydrogens is 228 g/mol. The van der Waals surface area contributed by atoms with Gasteiger partial charge >= 0.3 is 0 Å². The molecule has 0 aliphatic rings. The van der Waals surface area contributed by atoms with Gasteiger partial charge in [0.15, 0.2) is 5.82 Å². The number of aliphatic hydroxyl groups excluding tert-OH is 1. The smallest absolute Gasteiger partial charge is 0.166 e. The molecule has 0 bridgehead atoms. The molecule has 2 rings (SSSR count). The summed E-state index contributed by atoms with van der Waals surface area (Å²) < 4.78 is 5.65. The second kappa shape index (κ2) is 5.60. The van der Waals surface area contributed by atoms with Crippen LogP contribution in [0.3, 0.4) is 0 Å². The molecule has 0 aliphatic heterocycles. The van der Waals surface area contributed by atoms with Crippen LogP contribution in [0.4, 0.5) is 0 Å². The Bertz CT molecular complexity index is 512. The number of ether oxygens (including phenoxy) is 1. The van der Waals surface area contributed by atoms with Crippen LogP contribution in [-0.4, -0.2) is 15.1 Å². The van der Waals surface area contributed by atoms with E-state index in [4.69, 9.17) is 4.74 Å². The van der Waals surface area contributed by atoms with Gasteiger partial charge in [-0.1, -0.05) is 11.6 Å². The van der Waals surface area contributed by atoms with Gasteiger partial charge < -0.3 is 9.84 Å². The third kappa shape index (κ3) is 3.05. The van der Waals surface area contributed by atoms with Crippen molar-refractivity contribution in [3.63, 3.8) is 0 Å². The van der Waals surface area contributed by atoms with Crippen LogP contribution in [0.1, 0.15) is 30.0 Å². The van der Waals surface area contributed by atoms with Gasteiger partial charge in [0.05, 0.1) is 6.10 Å². The van der Waals surface area contributed by atoms with Crippen molar-refractivity contribution < 1.29 is 9.84 Å². The SMILES string of the molecule is Cc1ccc(OCc2ncccn2)c(C(C)O)c1. The molecule has 4 nitrogen and oxygen atoms in total. The molecule has 1 atom stereocenters. The summed E-state index contributed by atoms with van der Waals surface area (Å²) >= 11 is 0. The van der Waals surface area contributed by atoms with E-state index in [2.05, 4.69) is 9.97 Å². The van der Waals surface area contributed by atoms with E-state index in [0.29, 0.717) is 18.2 Å². The van der Waals surface area contributed by atoms with Crippen molar-refractivity contribution in [3.05, 3.63) is 53.6 Å². The molecule has 1 aromatic carbocycles. The van der Waals surface area contributed by atoms with Gasteiger partial charge in [-0.25, -0.2) is 9.97 Å². The fourth-order valence-corrected chi connectivity index (χ4v) is 1.67. The Hall–Kier alpha value is -1.94. The Kier molecular flexibility index (Phi) is 3.89. The third-order valence-electron chi connectivity index (χ3n) is 2.59. The lowest BCUT2D eigenvalue weighted by Gasteiger charge is -2.13. The molecule has 1 unspecified atom stereocenters. The molecule has 0 aliphatic carbocycles. The van der Waals surface area contributed by atoms with Crippen LogP contribution in [0.2, 0.25) is 0 Å². The Morgan fingerprint density at radius 3 is 2.67 bits per heavy atom. The zero-order chi connectivity index (χ0) is 13.0. The summed E-state index contributed by atoms with van der Waals surface area (Å²) in [5, 5.41) is 9.71. The molecule has 1 aromatic heterocycles. The van der Waals surface area contributed by atoms with Gasteiger partial charge in [-0.2, -0.15) is 0 Å². The summed E-state index contributed by atoms with van der Waals surface area (Å²) in [7, 11) is 0. The zero-order valence-corrected chi connectivity index (χ0v) is 10.5. The maximum Gasteiger partial charge on any atom is 0.166 e. The summed E-state index contributed by atoms with van der Waals surface area (Å²) in [5.41, 5.74) is 1.88. The number of hydrogen-bond acceptors (Lipinski definition) is 4. The zero-order valence-electron chi connectivity index (χ0n) is 10.5. The minimum absolute atomic E-state index is 0.295. The average molecular weight is 244 g/mol. The summed E-state index contributed by atoms with van der Waals surface area (Å²) in [6.07, 6.45) is 2.80. The maximum absolute atomic E-state index is 9.71. The number of rotatable bonds is 4. The highest BCUT2D eigenvalue weighted by Crippen LogP contribution is 2.26. The van der Waals surface area contributed by atoms with Crippen LogP contribution in [0, 0.1) is 6.92 Å². The highest BCUT2D eigenvalue weighted by Gasteiger charge is 2.10. The van der Waals surface area contributed by atoms with E-state index in [0.717, 1.165) is 11.1 Å². The van der Waals surface area contributed by atoms with Gasteiger partial charge in [0, 0.05) is 18.0 Å². The summed E-state index contributed by atoms with van der Waals surface area (Å²) in [6.45, 7) is 4.00. The molecule has 0 amide bonds. The van der Waals surface area contributed by atoms with E-state index in [1.165, 1.54) is 0 Å². The predicted octanol–water partition coefficient (Wildman–Crippen LogP) is 2.42. The van der Waals surface area contributed by atoms with Crippen LogP contribution < -0.4 is 4.74 Å². The second-order valence-corrected chi connectivity index (χ2v) is 4.17. The Labute approximate surface area is 106 Å². The van der Waals surface area contributed by atoms with Gasteiger partial charge in [-0.15, -0.1) is 0 Å². The van der Waals surface area contributed by atoms with Gasteiger partial charge in [0.1, 0.15) is 12.4 Å². The molecule has 0 radical (unpaired) electrons. The fraction of sp³-hybridized carbons (Fsp3) is 0.286. The van der Waals surface area contributed by atoms with E-state index in [-0.39, 0.29) is 0 Å². The summed E-state index contributed by atoms with van der Waals surface area (Å²) in [6, 6.07) is 7.50. The van der Waals surface area contributed by atoms with Crippen LogP contribution in [0.25, 0.3) is 0 Å². The molecule has 1 N–H and O–H groups in total. The number of aliphatic hydroxyl groups is 1. The van der Waals surface area contributed by atoms with Crippen LogP contribution in [0.5, 0.6) is 5.75 Å². The first-order valence-corrected chi connectivity index (χ1v) is 5.84. The first-order valence-electron chi connectivity index (χ1n) is 5.84. The molecule has 0 spiro atoms. The fourth-order valence-electron chi connectivity index (χ4n) is 1.67. The van der Waals surface area contributed by atoms with Crippen molar-refractivity contribution in [2.24, 2.45) is 0 Å². The normalized spacial score (nSPS) is 12.2. The van der Waals surface area contributed by atoms with Gasteiger partial charge in [-0.3, -0.25) is 0 Å². The van der Waals surface area contributed by atoms with Crippen LogP contribution in [0.15, 0.2) is 36.7 Å². The van der Waals surface area contributed by atoms with Crippen molar-refractivity contribution in [1.29, 1.82) is 0 Å². The molecule has 1 heterocycles.